The summed E-state index contributed by atoms with van der Waals surface area (Å²) in [5, 5.41) is 4.43. The third kappa shape index (κ3) is 2.88. The Hall–Kier alpha value is -2.37. The van der Waals surface area contributed by atoms with Gasteiger partial charge in [-0.05, 0) is 38.0 Å². The summed E-state index contributed by atoms with van der Waals surface area (Å²) < 4.78 is 27.1. The van der Waals surface area contributed by atoms with Crippen molar-refractivity contribution in [3.05, 3.63) is 35.1 Å². The zero-order valence-electron chi connectivity index (χ0n) is 14.1. The molecule has 3 rings (SSSR count). The second-order valence-corrected chi connectivity index (χ2v) is 5.86. The van der Waals surface area contributed by atoms with E-state index in [1.165, 1.54) is 6.07 Å². The first kappa shape index (κ1) is 16.5. The molecule has 128 valence electrons. The van der Waals surface area contributed by atoms with Gasteiger partial charge in [0.25, 0.3) is 0 Å². The van der Waals surface area contributed by atoms with Gasteiger partial charge in [0.1, 0.15) is 17.1 Å². The Kier molecular flexibility index (Phi) is 4.55. The van der Waals surface area contributed by atoms with E-state index in [1.807, 2.05) is 19.9 Å². The topological polar surface area (TPSA) is 53.3 Å². The maximum absolute atomic E-state index is 14.6. The lowest BCUT2D eigenvalue weighted by Gasteiger charge is -2.21. The minimum Gasteiger partial charge on any atom is -0.474 e. The fraction of sp³-hybridized carbons (Fsp3) is 0.444. The molecule has 24 heavy (non-hydrogen) atoms. The number of carbonyl (C=O) groups excluding carboxylic acids is 1. The van der Waals surface area contributed by atoms with Gasteiger partial charge in [-0.25, -0.2) is 13.9 Å². The first-order valence-corrected chi connectivity index (χ1v) is 8.28. The highest BCUT2D eigenvalue weighted by molar-refractivity contribution is 5.99. The predicted molar refractivity (Wildman–Crippen MR) is 87.7 cm³/mol. The van der Waals surface area contributed by atoms with E-state index in [9.17, 15) is 9.18 Å². The Morgan fingerprint density at radius 1 is 1.46 bits per heavy atom. The van der Waals surface area contributed by atoms with Crippen molar-refractivity contribution < 1.29 is 18.7 Å². The number of benzene rings is 1. The number of esters is 1. The lowest BCUT2D eigenvalue weighted by Crippen LogP contribution is -2.24. The Bertz CT molecular complexity index is 770. The SMILES string of the molecule is CCOC(=O)c1c(-c2ccc(CC)cc2F)nn2c1O[C@H](C)CC2. The second kappa shape index (κ2) is 6.63. The van der Waals surface area contributed by atoms with Crippen LogP contribution in [0.1, 0.15) is 43.1 Å². The molecule has 1 aliphatic heterocycles. The Labute approximate surface area is 140 Å². The van der Waals surface area contributed by atoms with Gasteiger partial charge in [0.05, 0.1) is 12.7 Å². The summed E-state index contributed by atoms with van der Waals surface area (Å²) in [6.45, 7) is 6.48. The molecular weight excluding hydrogens is 311 g/mol. The molecule has 1 aliphatic rings. The molecule has 1 aromatic heterocycles. The van der Waals surface area contributed by atoms with Crippen molar-refractivity contribution in [3.8, 4) is 17.1 Å². The van der Waals surface area contributed by atoms with Crippen molar-refractivity contribution >= 4 is 5.97 Å². The molecule has 0 bridgehead atoms. The molecule has 6 heteroatoms. The molecule has 0 spiro atoms. The highest BCUT2D eigenvalue weighted by Crippen LogP contribution is 2.35. The fourth-order valence-corrected chi connectivity index (χ4v) is 2.82. The summed E-state index contributed by atoms with van der Waals surface area (Å²) in [4.78, 5) is 12.4. The van der Waals surface area contributed by atoms with E-state index in [2.05, 4.69) is 5.10 Å². The third-order valence-corrected chi connectivity index (χ3v) is 4.14. The monoisotopic (exact) mass is 332 g/mol. The molecule has 0 saturated carbocycles. The summed E-state index contributed by atoms with van der Waals surface area (Å²) in [6, 6.07) is 4.98. The van der Waals surface area contributed by atoms with E-state index in [-0.39, 0.29) is 29.5 Å². The van der Waals surface area contributed by atoms with Gasteiger partial charge in [0.15, 0.2) is 0 Å². The number of aromatic nitrogens is 2. The van der Waals surface area contributed by atoms with Crippen LogP contribution in [0.3, 0.4) is 0 Å². The average Bonchev–Trinajstić information content (AvgIpc) is 2.93. The van der Waals surface area contributed by atoms with Crippen molar-refractivity contribution in [2.45, 2.75) is 46.3 Å². The van der Waals surface area contributed by atoms with Gasteiger partial charge in [-0.2, -0.15) is 5.10 Å². The lowest BCUT2D eigenvalue weighted by atomic mass is 10.0. The first-order valence-electron chi connectivity index (χ1n) is 8.28. The quantitative estimate of drug-likeness (QED) is 0.803. The highest BCUT2D eigenvalue weighted by Gasteiger charge is 2.31. The van der Waals surface area contributed by atoms with Gasteiger partial charge in [0, 0.05) is 18.5 Å². The predicted octanol–water partition coefficient (Wildman–Crippen LogP) is 3.60. The normalized spacial score (nSPS) is 16.4. The molecule has 0 fully saturated rings. The number of ether oxygens (including phenoxy) is 2. The van der Waals surface area contributed by atoms with E-state index in [4.69, 9.17) is 9.47 Å². The molecule has 0 aliphatic carbocycles. The van der Waals surface area contributed by atoms with Crippen LogP contribution in [0, 0.1) is 5.82 Å². The molecule has 0 N–H and O–H groups in total. The van der Waals surface area contributed by atoms with Crippen molar-refractivity contribution in [1.29, 1.82) is 0 Å². The number of nitrogens with zero attached hydrogens (tertiary/aromatic N) is 2. The highest BCUT2D eigenvalue weighted by atomic mass is 19.1. The number of carbonyl (C=O) groups is 1. The van der Waals surface area contributed by atoms with Crippen molar-refractivity contribution in [2.24, 2.45) is 0 Å². The molecule has 2 aromatic rings. The first-order chi connectivity index (χ1) is 11.5. The Morgan fingerprint density at radius 2 is 2.25 bits per heavy atom. The van der Waals surface area contributed by atoms with Gasteiger partial charge in [-0.3, -0.25) is 0 Å². The van der Waals surface area contributed by atoms with Crippen LogP contribution in [-0.4, -0.2) is 28.5 Å². The van der Waals surface area contributed by atoms with Crippen LogP contribution < -0.4 is 4.74 Å². The fourth-order valence-electron chi connectivity index (χ4n) is 2.82. The Morgan fingerprint density at radius 3 is 2.92 bits per heavy atom. The van der Waals surface area contributed by atoms with Crippen LogP contribution in [-0.2, 0) is 17.7 Å². The molecule has 1 atom stereocenters. The van der Waals surface area contributed by atoms with Crippen molar-refractivity contribution in [3.63, 3.8) is 0 Å². The van der Waals surface area contributed by atoms with Gasteiger partial charge < -0.3 is 9.47 Å². The zero-order valence-corrected chi connectivity index (χ0v) is 14.1. The van der Waals surface area contributed by atoms with E-state index < -0.39 is 11.8 Å². The third-order valence-electron chi connectivity index (χ3n) is 4.14. The molecule has 0 unspecified atom stereocenters. The minimum absolute atomic E-state index is 0.0254. The van der Waals surface area contributed by atoms with E-state index in [0.29, 0.717) is 12.4 Å². The molecule has 2 heterocycles. The Balaban J connectivity index is 2.15. The van der Waals surface area contributed by atoms with E-state index in [0.717, 1.165) is 18.4 Å². The average molecular weight is 332 g/mol. The summed E-state index contributed by atoms with van der Waals surface area (Å²) in [5.74, 6) is -0.577. The van der Waals surface area contributed by atoms with Crippen LogP contribution in [0.5, 0.6) is 5.88 Å². The van der Waals surface area contributed by atoms with E-state index >= 15 is 0 Å². The number of fused-ring (bicyclic) bond motifs is 1. The zero-order chi connectivity index (χ0) is 17.3. The maximum atomic E-state index is 14.6. The largest absolute Gasteiger partial charge is 0.474 e. The molecule has 0 radical (unpaired) electrons. The van der Waals surface area contributed by atoms with Gasteiger partial charge in [-0.15, -0.1) is 0 Å². The van der Waals surface area contributed by atoms with Crippen LogP contribution in [0.2, 0.25) is 0 Å². The smallest absolute Gasteiger partial charge is 0.345 e. The standard InChI is InChI=1S/C18H21FN2O3/c1-4-12-6-7-13(14(19)10-12)16-15(18(22)23-5-2)17-21(20-16)9-8-11(3)24-17/h6-7,10-11H,4-5,8-9H2,1-3H3/t11-/m1/s1. The van der Waals surface area contributed by atoms with Crippen LogP contribution in [0.15, 0.2) is 18.2 Å². The summed E-state index contributed by atoms with van der Waals surface area (Å²) in [6.07, 6.45) is 1.50. The maximum Gasteiger partial charge on any atom is 0.345 e. The number of aryl methyl sites for hydroxylation is 2. The van der Waals surface area contributed by atoms with Gasteiger partial charge >= 0.3 is 5.97 Å². The number of halogens is 1. The summed E-state index contributed by atoms with van der Waals surface area (Å²) in [5.41, 5.74) is 1.65. The molecule has 0 saturated heterocycles. The van der Waals surface area contributed by atoms with E-state index in [1.54, 1.807) is 17.7 Å². The van der Waals surface area contributed by atoms with Crippen LogP contribution in [0.4, 0.5) is 4.39 Å². The lowest BCUT2D eigenvalue weighted by molar-refractivity contribution is 0.0515. The summed E-state index contributed by atoms with van der Waals surface area (Å²) >= 11 is 0. The molecular formula is C18H21FN2O3. The second-order valence-electron chi connectivity index (χ2n) is 5.86. The number of hydrogen-bond donors (Lipinski definition) is 0. The molecule has 5 nitrogen and oxygen atoms in total. The van der Waals surface area contributed by atoms with Crippen molar-refractivity contribution in [1.82, 2.24) is 9.78 Å². The molecule has 1 aromatic carbocycles. The van der Waals surface area contributed by atoms with Crippen LogP contribution in [0.25, 0.3) is 11.3 Å². The minimum atomic E-state index is -0.540. The number of hydrogen-bond acceptors (Lipinski definition) is 4. The number of rotatable bonds is 4. The summed E-state index contributed by atoms with van der Waals surface area (Å²) in [7, 11) is 0. The van der Waals surface area contributed by atoms with Crippen LogP contribution >= 0.6 is 0 Å². The molecule has 0 amide bonds. The van der Waals surface area contributed by atoms with Crippen molar-refractivity contribution in [2.75, 3.05) is 6.61 Å². The van der Waals surface area contributed by atoms with Gasteiger partial charge in [-0.1, -0.05) is 13.0 Å². The van der Waals surface area contributed by atoms with Gasteiger partial charge in [0.2, 0.25) is 5.88 Å².